The van der Waals surface area contributed by atoms with Crippen molar-refractivity contribution >= 4 is 22.7 Å². The summed E-state index contributed by atoms with van der Waals surface area (Å²) >= 11 is 0. The Balaban J connectivity index is 1.61. The molecule has 160 valence electrons. The van der Waals surface area contributed by atoms with Crippen molar-refractivity contribution in [1.29, 1.82) is 0 Å². The van der Waals surface area contributed by atoms with E-state index in [-0.39, 0.29) is 17.9 Å². The van der Waals surface area contributed by atoms with Gasteiger partial charge in [0.25, 0.3) is 5.91 Å². The molecule has 1 aromatic heterocycles. The normalized spacial score (nSPS) is 20.1. The van der Waals surface area contributed by atoms with Gasteiger partial charge in [-0.3, -0.25) is 9.59 Å². The lowest BCUT2D eigenvalue weighted by atomic mass is 9.95. The van der Waals surface area contributed by atoms with Crippen LogP contribution in [0.4, 0.5) is 0 Å². The lowest BCUT2D eigenvalue weighted by Gasteiger charge is -2.34. The smallest absolute Gasteiger partial charge is 0.255 e. The number of nitrogens with one attached hydrogen (secondary N) is 1. The number of rotatable bonds is 3. The third kappa shape index (κ3) is 3.23. The third-order valence-corrected chi connectivity index (χ3v) is 6.91. The Labute approximate surface area is 183 Å². The number of hydrogen-bond acceptors (Lipinski definition) is 2. The van der Waals surface area contributed by atoms with Crippen molar-refractivity contribution in [2.45, 2.75) is 51.6 Å². The van der Waals surface area contributed by atoms with Crippen LogP contribution in [-0.4, -0.2) is 45.7 Å². The van der Waals surface area contributed by atoms with Crippen LogP contribution in [-0.2, 0) is 4.79 Å². The van der Waals surface area contributed by atoms with Gasteiger partial charge in [0.1, 0.15) is 6.04 Å². The van der Waals surface area contributed by atoms with Gasteiger partial charge in [0, 0.05) is 40.8 Å². The van der Waals surface area contributed by atoms with Gasteiger partial charge < -0.3 is 14.8 Å². The molecule has 0 spiro atoms. The molecule has 2 aliphatic heterocycles. The molecule has 5 heteroatoms. The summed E-state index contributed by atoms with van der Waals surface area (Å²) in [6, 6.07) is 15.2. The van der Waals surface area contributed by atoms with Gasteiger partial charge in [0.2, 0.25) is 5.91 Å². The quantitative estimate of drug-likeness (QED) is 0.667. The summed E-state index contributed by atoms with van der Waals surface area (Å²) in [6.45, 7) is 5.53. The molecule has 5 nitrogen and oxygen atoms in total. The zero-order chi connectivity index (χ0) is 21.5. The van der Waals surface area contributed by atoms with Gasteiger partial charge in [-0.2, -0.15) is 0 Å². The van der Waals surface area contributed by atoms with E-state index in [4.69, 9.17) is 0 Å². The average molecular weight is 416 g/mol. The van der Waals surface area contributed by atoms with E-state index in [9.17, 15) is 9.59 Å². The fraction of sp³-hybridized carbons (Fsp3) is 0.385. The summed E-state index contributed by atoms with van der Waals surface area (Å²) in [5.41, 5.74) is 4.86. The summed E-state index contributed by atoms with van der Waals surface area (Å²) in [5.74, 6) is 0.00602. The van der Waals surface area contributed by atoms with E-state index in [1.54, 1.807) is 0 Å². The molecule has 1 saturated heterocycles. The number of benzene rings is 2. The summed E-state index contributed by atoms with van der Waals surface area (Å²) in [7, 11) is 0. The minimum Gasteiger partial charge on any atom is -0.358 e. The van der Waals surface area contributed by atoms with Crippen molar-refractivity contribution in [2.24, 2.45) is 0 Å². The zero-order valence-corrected chi connectivity index (χ0v) is 18.2. The highest BCUT2D eigenvalue weighted by Crippen LogP contribution is 2.43. The predicted octanol–water partition coefficient (Wildman–Crippen LogP) is 4.81. The van der Waals surface area contributed by atoms with Crippen molar-refractivity contribution in [3.8, 4) is 0 Å². The number of hydrogen-bond donors (Lipinski definition) is 1. The molecule has 5 rings (SSSR count). The Morgan fingerprint density at radius 3 is 2.45 bits per heavy atom. The van der Waals surface area contributed by atoms with Gasteiger partial charge in [0.15, 0.2) is 0 Å². The Hall–Kier alpha value is -3.08. The zero-order valence-electron chi connectivity index (χ0n) is 18.2. The second-order valence-corrected chi connectivity index (χ2v) is 8.83. The van der Waals surface area contributed by atoms with Crippen LogP contribution in [0.15, 0.2) is 48.5 Å². The topological polar surface area (TPSA) is 56.4 Å². The number of likely N-dealkylation sites (tertiary alicyclic amines) is 1. The molecule has 2 unspecified atom stereocenters. The van der Waals surface area contributed by atoms with Crippen LogP contribution in [0.1, 0.15) is 65.8 Å². The van der Waals surface area contributed by atoms with Gasteiger partial charge >= 0.3 is 0 Å². The van der Waals surface area contributed by atoms with Crippen LogP contribution < -0.4 is 0 Å². The van der Waals surface area contributed by atoms with E-state index in [0.29, 0.717) is 5.56 Å². The maximum atomic E-state index is 13.6. The van der Waals surface area contributed by atoms with E-state index in [1.807, 2.05) is 53.1 Å². The largest absolute Gasteiger partial charge is 0.358 e. The number of amides is 2. The number of para-hydroxylation sites is 1. The molecule has 0 saturated carbocycles. The number of aromatic nitrogens is 1. The molecule has 3 heterocycles. The first kappa shape index (κ1) is 19.9. The Morgan fingerprint density at radius 2 is 1.68 bits per heavy atom. The molecule has 0 radical (unpaired) electrons. The first-order valence-electron chi connectivity index (χ1n) is 11.4. The van der Waals surface area contributed by atoms with Crippen LogP contribution in [0.5, 0.6) is 0 Å². The molecule has 3 aromatic rings. The minimum absolute atomic E-state index is 0.0547. The van der Waals surface area contributed by atoms with Crippen LogP contribution in [0.25, 0.3) is 10.9 Å². The third-order valence-electron chi connectivity index (χ3n) is 6.91. The van der Waals surface area contributed by atoms with E-state index in [0.717, 1.165) is 53.7 Å². The average Bonchev–Trinajstić information content (AvgIpc) is 3.10. The van der Waals surface area contributed by atoms with Crippen LogP contribution in [0.3, 0.4) is 0 Å². The van der Waals surface area contributed by atoms with Crippen LogP contribution >= 0.6 is 0 Å². The maximum Gasteiger partial charge on any atom is 0.255 e. The second-order valence-electron chi connectivity index (χ2n) is 8.83. The van der Waals surface area contributed by atoms with Gasteiger partial charge in [-0.05, 0) is 44.4 Å². The standard InChI is InChI=1S/C26H29N3O2/c1-17-23(21-13-7-8-14-22(21)27-17)24-19-11-5-6-12-20(19)26(31)29(24)18(2)25(30)28-15-9-3-4-10-16-28/h5-8,11-14,18,24,27H,3-4,9-10,15-16H2,1-2H3. The van der Waals surface area contributed by atoms with E-state index < -0.39 is 6.04 Å². The molecule has 31 heavy (non-hydrogen) atoms. The molecule has 2 amide bonds. The number of carbonyl (C=O) groups excluding carboxylic acids is 2. The van der Waals surface area contributed by atoms with Crippen molar-refractivity contribution in [3.05, 3.63) is 70.9 Å². The minimum atomic E-state index is -0.518. The Bertz CT molecular complexity index is 1140. The van der Waals surface area contributed by atoms with Crippen molar-refractivity contribution in [2.75, 3.05) is 13.1 Å². The highest BCUT2D eigenvalue weighted by Gasteiger charge is 2.44. The molecule has 2 atom stereocenters. The summed E-state index contributed by atoms with van der Waals surface area (Å²) in [5, 5.41) is 1.11. The van der Waals surface area contributed by atoms with Crippen molar-refractivity contribution in [3.63, 3.8) is 0 Å². The van der Waals surface area contributed by atoms with Gasteiger partial charge in [-0.15, -0.1) is 0 Å². The number of aromatic amines is 1. The summed E-state index contributed by atoms with van der Waals surface area (Å²) in [4.78, 5) is 34.4. The molecule has 2 aromatic carbocycles. The van der Waals surface area contributed by atoms with Gasteiger partial charge in [0.05, 0.1) is 6.04 Å². The first-order chi connectivity index (χ1) is 15.1. The monoisotopic (exact) mass is 415 g/mol. The SMILES string of the molecule is Cc1[nH]c2ccccc2c1C1c2ccccc2C(=O)N1C(C)C(=O)N1CCCCCC1. The van der Waals surface area contributed by atoms with Crippen molar-refractivity contribution in [1.82, 2.24) is 14.8 Å². The maximum absolute atomic E-state index is 13.6. The summed E-state index contributed by atoms with van der Waals surface area (Å²) < 4.78 is 0. The van der Waals surface area contributed by atoms with Crippen LogP contribution in [0.2, 0.25) is 0 Å². The molecule has 0 aliphatic carbocycles. The number of fused-ring (bicyclic) bond motifs is 2. The number of aryl methyl sites for hydroxylation is 1. The molecular formula is C26H29N3O2. The van der Waals surface area contributed by atoms with E-state index >= 15 is 0 Å². The number of carbonyl (C=O) groups is 2. The molecule has 1 fully saturated rings. The molecular weight excluding hydrogens is 386 g/mol. The Morgan fingerprint density at radius 1 is 1.00 bits per heavy atom. The number of nitrogens with zero attached hydrogens (tertiary/aromatic N) is 2. The number of H-pyrrole nitrogens is 1. The van der Waals surface area contributed by atoms with E-state index in [2.05, 4.69) is 24.0 Å². The molecule has 1 N–H and O–H groups in total. The molecule has 0 bridgehead atoms. The highest BCUT2D eigenvalue weighted by molar-refractivity contribution is 6.03. The van der Waals surface area contributed by atoms with E-state index in [1.165, 1.54) is 12.8 Å². The molecule has 2 aliphatic rings. The second kappa shape index (κ2) is 7.88. The Kier molecular flexibility index (Phi) is 5.05. The first-order valence-corrected chi connectivity index (χ1v) is 11.4. The lowest BCUT2D eigenvalue weighted by Crippen LogP contribution is -2.49. The summed E-state index contributed by atoms with van der Waals surface area (Å²) in [6.07, 6.45) is 4.42. The predicted molar refractivity (Wildman–Crippen MR) is 122 cm³/mol. The van der Waals surface area contributed by atoms with Gasteiger partial charge in [-0.25, -0.2) is 0 Å². The fourth-order valence-corrected chi connectivity index (χ4v) is 5.36. The van der Waals surface area contributed by atoms with Crippen LogP contribution in [0, 0.1) is 6.92 Å². The van der Waals surface area contributed by atoms with Crippen molar-refractivity contribution < 1.29 is 9.59 Å². The van der Waals surface area contributed by atoms with Gasteiger partial charge in [-0.1, -0.05) is 49.2 Å². The fourth-order valence-electron chi connectivity index (χ4n) is 5.36. The highest BCUT2D eigenvalue weighted by atomic mass is 16.2. The lowest BCUT2D eigenvalue weighted by molar-refractivity contribution is -0.135.